The van der Waals surface area contributed by atoms with Gasteiger partial charge in [0, 0.05) is 18.2 Å². The Bertz CT molecular complexity index is 763. The Kier molecular flexibility index (Phi) is 6.30. The summed E-state index contributed by atoms with van der Waals surface area (Å²) < 4.78 is 16.4. The van der Waals surface area contributed by atoms with Crippen LogP contribution in [0, 0.1) is 0 Å². The minimum absolute atomic E-state index is 0. The van der Waals surface area contributed by atoms with Crippen LogP contribution in [0.1, 0.15) is 43.3 Å². The maximum Gasteiger partial charge on any atom is 0.253 e. The minimum Gasteiger partial charge on any atom is -0.485 e. The Balaban J connectivity index is 0.00000210. The van der Waals surface area contributed by atoms with Crippen LogP contribution < -0.4 is 15.8 Å². The second-order valence-electron chi connectivity index (χ2n) is 6.69. The number of hydrogen-bond acceptors (Lipinski definition) is 7. The average Bonchev–Trinajstić information content (AvgIpc) is 3.21. The summed E-state index contributed by atoms with van der Waals surface area (Å²) in [5.74, 6) is 2.20. The van der Waals surface area contributed by atoms with Gasteiger partial charge in [-0.2, -0.15) is 4.98 Å². The number of rotatable bonds is 7. The molecule has 9 heteroatoms. The van der Waals surface area contributed by atoms with Crippen molar-refractivity contribution >= 4 is 24.0 Å². The zero-order chi connectivity index (χ0) is 17.9. The van der Waals surface area contributed by atoms with E-state index in [4.69, 9.17) is 19.7 Å². The van der Waals surface area contributed by atoms with Crippen molar-refractivity contribution in [3.63, 3.8) is 0 Å². The predicted octanol–water partition coefficient (Wildman–Crippen LogP) is 2.39. The fourth-order valence-electron chi connectivity index (χ4n) is 2.90. The summed E-state index contributed by atoms with van der Waals surface area (Å²) in [7, 11) is 0. The molecule has 0 spiro atoms. The van der Waals surface area contributed by atoms with Crippen LogP contribution in [-0.4, -0.2) is 34.8 Å². The van der Waals surface area contributed by atoms with Gasteiger partial charge in [0.15, 0.2) is 6.61 Å². The summed E-state index contributed by atoms with van der Waals surface area (Å²) in [6, 6.07) is 7.15. The van der Waals surface area contributed by atoms with Gasteiger partial charge in [-0.05, 0) is 49.9 Å². The van der Waals surface area contributed by atoms with Gasteiger partial charge in [0.1, 0.15) is 11.9 Å². The molecule has 0 unspecified atom stereocenters. The zero-order valence-corrected chi connectivity index (χ0v) is 15.6. The molecule has 2 aromatic rings. The van der Waals surface area contributed by atoms with Gasteiger partial charge < -0.3 is 25.0 Å². The maximum absolute atomic E-state index is 12.2. The van der Waals surface area contributed by atoms with Gasteiger partial charge in [-0.15, -0.1) is 12.4 Å². The summed E-state index contributed by atoms with van der Waals surface area (Å²) >= 11 is 0. The van der Waals surface area contributed by atoms with E-state index in [9.17, 15) is 4.79 Å². The van der Waals surface area contributed by atoms with Crippen LogP contribution in [-0.2, 0) is 16.1 Å². The fraction of sp³-hybridized carbons (Fsp3) is 0.500. The second-order valence-corrected chi connectivity index (χ2v) is 6.69. The molecule has 1 saturated carbocycles. The molecule has 27 heavy (non-hydrogen) atoms. The van der Waals surface area contributed by atoms with Crippen LogP contribution in [0.5, 0.6) is 5.75 Å². The average molecular weight is 395 g/mol. The summed E-state index contributed by atoms with van der Waals surface area (Å²) in [6.07, 6.45) is 3.30. The minimum atomic E-state index is -0.432. The van der Waals surface area contributed by atoms with Crippen LogP contribution in [0.15, 0.2) is 28.8 Å². The second kappa shape index (κ2) is 8.69. The normalized spacial score (nSPS) is 21.5. The van der Waals surface area contributed by atoms with E-state index >= 15 is 0 Å². The van der Waals surface area contributed by atoms with Crippen molar-refractivity contribution in [3.8, 4) is 5.75 Å². The third-order valence-electron chi connectivity index (χ3n) is 4.56. The van der Waals surface area contributed by atoms with Gasteiger partial charge in [0.2, 0.25) is 11.7 Å². The van der Waals surface area contributed by atoms with E-state index in [2.05, 4.69) is 15.5 Å². The molecule has 0 bridgehead atoms. The molecule has 4 rings (SSSR count). The van der Waals surface area contributed by atoms with Crippen molar-refractivity contribution in [2.45, 2.75) is 50.4 Å². The van der Waals surface area contributed by atoms with Gasteiger partial charge in [-0.3, -0.25) is 4.79 Å². The van der Waals surface area contributed by atoms with Gasteiger partial charge in [-0.1, -0.05) is 5.16 Å². The quantitative estimate of drug-likeness (QED) is 0.741. The zero-order valence-electron chi connectivity index (χ0n) is 14.8. The first-order valence-corrected chi connectivity index (χ1v) is 8.93. The highest BCUT2D eigenvalue weighted by atomic mass is 35.5. The van der Waals surface area contributed by atoms with Crippen molar-refractivity contribution in [2.24, 2.45) is 5.73 Å². The number of carbonyl (C=O) groups is 1. The van der Waals surface area contributed by atoms with E-state index in [0.29, 0.717) is 42.0 Å². The first kappa shape index (κ1) is 19.6. The Morgan fingerprint density at radius 1 is 1.22 bits per heavy atom. The highest BCUT2D eigenvalue weighted by Crippen LogP contribution is 2.38. The molecule has 2 aliphatic rings. The maximum atomic E-state index is 12.2. The molecule has 1 aromatic carbocycles. The highest BCUT2D eigenvalue weighted by Gasteiger charge is 2.30. The van der Waals surface area contributed by atoms with Crippen LogP contribution in [0.4, 0.5) is 5.69 Å². The lowest BCUT2D eigenvalue weighted by Crippen LogP contribution is -2.29. The molecule has 2 fully saturated rings. The lowest BCUT2D eigenvalue weighted by atomic mass is 10.2. The lowest BCUT2D eigenvalue weighted by Gasteiger charge is -2.13. The Morgan fingerprint density at radius 2 is 2.00 bits per heavy atom. The number of halogens is 1. The smallest absolute Gasteiger partial charge is 0.253 e. The van der Waals surface area contributed by atoms with E-state index in [1.807, 2.05) is 0 Å². The largest absolute Gasteiger partial charge is 0.485 e. The van der Waals surface area contributed by atoms with Crippen molar-refractivity contribution in [1.82, 2.24) is 10.1 Å². The first-order chi connectivity index (χ1) is 12.7. The van der Waals surface area contributed by atoms with Crippen molar-refractivity contribution in [1.29, 1.82) is 0 Å². The number of aromatic nitrogens is 2. The fourth-order valence-corrected chi connectivity index (χ4v) is 2.90. The molecular formula is C18H23ClN4O4. The van der Waals surface area contributed by atoms with Gasteiger partial charge in [0.05, 0.1) is 6.10 Å². The van der Waals surface area contributed by atoms with E-state index in [-0.39, 0.29) is 31.0 Å². The summed E-state index contributed by atoms with van der Waals surface area (Å²) in [6.45, 7) is 0.691. The number of amides is 1. The van der Waals surface area contributed by atoms with Crippen molar-refractivity contribution < 1.29 is 18.8 Å². The summed E-state index contributed by atoms with van der Waals surface area (Å²) in [4.78, 5) is 16.5. The topological polar surface area (TPSA) is 113 Å². The third kappa shape index (κ3) is 4.97. The molecule has 8 nitrogen and oxygen atoms in total. The number of benzene rings is 1. The summed E-state index contributed by atoms with van der Waals surface area (Å²) in [5.41, 5.74) is 6.26. The van der Waals surface area contributed by atoms with E-state index in [0.717, 1.165) is 19.3 Å². The molecule has 1 amide bonds. The van der Waals surface area contributed by atoms with Crippen LogP contribution in [0.25, 0.3) is 0 Å². The Morgan fingerprint density at radius 3 is 2.67 bits per heavy atom. The SMILES string of the molecule is Cl.NC[C@H]1CC[C@@H](C(=O)Nc2ccc(OCc3noc(C4CC4)n3)cc2)O1. The van der Waals surface area contributed by atoms with Crippen LogP contribution in [0.3, 0.4) is 0 Å². The molecule has 1 saturated heterocycles. The molecule has 0 radical (unpaired) electrons. The molecule has 1 aromatic heterocycles. The van der Waals surface area contributed by atoms with E-state index < -0.39 is 6.10 Å². The lowest BCUT2D eigenvalue weighted by molar-refractivity contribution is -0.126. The van der Waals surface area contributed by atoms with Crippen LogP contribution >= 0.6 is 12.4 Å². The third-order valence-corrected chi connectivity index (χ3v) is 4.56. The number of nitrogens with two attached hydrogens (primary N) is 1. The van der Waals surface area contributed by atoms with Crippen molar-refractivity contribution in [3.05, 3.63) is 36.0 Å². The number of nitrogens with zero attached hydrogens (tertiary/aromatic N) is 2. The van der Waals surface area contributed by atoms with Gasteiger partial charge in [0.25, 0.3) is 5.91 Å². The van der Waals surface area contributed by atoms with E-state index in [1.165, 1.54) is 0 Å². The molecule has 2 atom stereocenters. The molecular weight excluding hydrogens is 372 g/mol. The molecule has 1 aliphatic carbocycles. The number of carbonyl (C=O) groups excluding carboxylic acids is 1. The number of anilines is 1. The van der Waals surface area contributed by atoms with Crippen LogP contribution in [0.2, 0.25) is 0 Å². The monoisotopic (exact) mass is 394 g/mol. The van der Waals surface area contributed by atoms with Crippen molar-refractivity contribution in [2.75, 3.05) is 11.9 Å². The molecule has 3 N–H and O–H groups in total. The van der Waals surface area contributed by atoms with Gasteiger partial charge >= 0.3 is 0 Å². The first-order valence-electron chi connectivity index (χ1n) is 8.93. The summed E-state index contributed by atoms with van der Waals surface area (Å²) in [5, 5.41) is 6.77. The Labute approximate surface area is 163 Å². The number of ether oxygens (including phenoxy) is 2. The highest BCUT2D eigenvalue weighted by molar-refractivity contribution is 5.94. The molecule has 1 aliphatic heterocycles. The number of nitrogens with one attached hydrogen (secondary N) is 1. The molecule has 2 heterocycles. The van der Waals surface area contributed by atoms with Gasteiger partial charge in [-0.25, -0.2) is 0 Å². The predicted molar refractivity (Wildman–Crippen MR) is 99.9 cm³/mol. The molecule has 146 valence electrons. The standard InChI is InChI=1S/C18H22N4O4.ClH/c19-9-14-7-8-15(25-14)17(23)20-12-3-5-13(6-4-12)24-10-16-21-18(26-22-16)11-1-2-11;/h3-6,11,14-15H,1-2,7-10,19H2,(H,20,23);1H/t14-,15+;/m1./s1. The number of hydrogen-bond donors (Lipinski definition) is 2. The van der Waals surface area contributed by atoms with E-state index in [1.54, 1.807) is 24.3 Å². The Hall–Kier alpha value is -2.16.